The monoisotopic (exact) mass is 424 g/mol. The van der Waals surface area contributed by atoms with Crippen LogP contribution in [0.1, 0.15) is 25.0 Å². The lowest BCUT2D eigenvalue weighted by Crippen LogP contribution is -2.43. The molecule has 1 amide bonds. The van der Waals surface area contributed by atoms with Crippen LogP contribution in [-0.2, 0) is 37.3 Å². The van der Waals surface area contributed by atoms with Crippen molar-refractivity contribution < 1.29 is 35.9 Å². The normalized spacial score (nSPS) is 15.0. The molecule has 158 valence electrons. The Morgan fingerprint density at radius 3 is 2.43 bits per heavy atom. The summed E-state index contributed by atoms with van der Waals surface area (Å²) in [6.45, 7) is 3.70. The molecule has 0 spiro atoms. The molecule has 0 fully saturated rings. The summed E-state index contributed by atoms with van der Waals surface area (Å²) < 4.78 is 75.9. The first-order chi connectivity index (χ1) is 13.1. The fourth-order valence-corrected chi connectivity index (χ4v) is 3.92. The Bertz CT molecular complexity index is 792. The number of amides is 1. The van der Waals surface area contributed by atoms with Gasteiger partial charge in [-0.05, 0) is 43.5 Å². The number of fused-ring (bicyclic) bond motifs is 1. The second kappa shape index (κ2) is 9.21. The van der Waals surface area contributed by atoms with Crippen molar-refractivity contribution in [3.05, 3.63) is 29.3 Å². The number of halogens is 3. The van der Waals surface area contributed by atoms with Gasteiger partial charge >= 0.3 is 12.1 Å². The van der Waals surface area contributed by atoms with Gasteiger partial charge in [0.2, 0.25) is 10.0 Å². The van der Waals surface area contributed by atoms with E-state index in [1.807, 2.05) is 0 Å². The van der Waals surface area contributed by atoms with E-state index in [9.17, 15) is 26.4 Å². The third-order valence-corrected chi connectivity index (χ3v) is 5.60. The van der Waals surface area contributed by atoms with Crippen LogP contribution in [0.15, 0.2) is 23.1 Å². The standard InChI is InChI=1S/C17H23F3N2O5S/c1-3-26-15(27-4-2)10-21-28(24,25)14-6-5-12-7-8-22(11-13(12)9-14)16(23)17(18,19)20/h5-6,9,15,21H,3-4,7-8,10-11H2,1-2H3. The highest BCUT2D eigenvalue weighted by Crippen LogP contribution is 2.26. The van der Waals surface area contributed by atoms with Crippen molar-refractivity contribution in [3.63, 3.8) is 0 Å². The van der Waals surface area contributed by atoms with E-state index in [0.29, 0.717) is 29.2 Å². The molecule has 7 nitrogen and oxygen atoms in total. The predicted octanol–water partition coefficient (Wildman–Crippen LogP) is 1.81. The molecule has 1 aliphatic heterocycles. The molecular weight excluding hydrogens is 401 g/mol. The van der Waals surface area contributed by atoms with Gasteiger partial charge in [0.25, 0.3) is 0 Å². The second-order valence-corrected chi connectivity index (χ2v) is 7.86. The Morgan fingerprint density at radius 2 is 1.86 bits per heavy atom. The summed E-state index contributed by atoms with van der Waals surface area (Å²) in [5, 5.41) is 0. The van der Waals surface area contributed by atoms with Crippen LogP contribution in [0.25, 0.3) is 0 Å². The number of sulfonamides is 1. The van der Waals surface area contributed by atoms with Gasteiger partial charge in [-0.25, -0.2) is 13.1 Å². The zero-order chi connectivity index (χ0) is 20.9. The molecule has 11 heteroatoms. The molecule has 1 aromatic carbocycles. The van der Waals surface area contributed by atoms with E-state index < -0.39 is 28.4 Å². The maximum Gasteiger partial charge on any atom is 0.471 e. The number of hydrogen-bond donors (Lipinski definition) is 1. The Labute approximate surface area is 161 Å². The van der Waals surface area contributed by atoms with Crippen LogP contribution in [-0.4, -0.2) is 58.0 Å². The number of hydrogen-bond acceptors (Lipinski definition) is 5. The highest BCUT2D eigenvalue weighted by molar-refractivity contribution is 7.89. The molecule has 28 heavy (non-hydrogen) atoms. The van der Waals surface area contributed by atoms with Crippen molar-refractivity contribution in [1.29, 1.82) is 0 Å². The molecule has 0 saturated carbocycles. The molecule has 0 bridgehead atoms. The van der Waals surface area contributed by atoms with Crippen LogP contribution in [0.3, 0.4) is 0 Å². The highest BCUT2D eigenvalue weighted by Gasteiger charge is 2.43. The van der Waals surface area contributed by atoms with E-state index in [0.717, 1.165) is 0 Å². The van der Waals surface area contributed by atoms with Gasteiger partial charge in [0.15, 0.2) is 6.29 Å². The van der Waals surface area contributed by atoms with Gasteiger partial charge in [0, 0.05) is 26.3 Å². The van der Waals surface area contributed by atoms with Crippen LogP contribution >= 0.6 is 0 Å². The lowest BCUT2D eigenvalue weighted by Gasteiger charge is -2.29. The average Bonchev–Trinajstić information content (AvgIpc) is 2.64. The summed E-state index contributed by atoms with van der Waals surface area (Å²) in [6.07, 6.45) is -5.49. The molecule has 0 aliphatic carbocycles. The van der Waals surface area contributed by atoms with Gasteiger partial charge in [-0.15, -0.1) is 0 Å². The van der Waals surface area contributed by atoms with Crippen LogP contribution in [0.2, 0.25) is 0 Å². The molecule has 1 heterocycles. The van der Waals surface area contributed by atoms with Crippen molar-refractivity contribution >= 4 is 15.9 Å². The smallest absolute Gasteiger partial charge is 0.352 e. The highest BCUT2D eigenvalue weighted by atomic mass is 32.2. The zero-order valence-electron chi connectivity index (χ0n) is 15.6. The van der Waals surface area contributed by atoms with Crippen LogP contribution in [0.4, 0.5) is 13.2 Å². The number of nitrogens with zero attached hydrogens (tertiary/aromatic N) is 1. The van der Waals surface area contributed by atoms with Crippen molar-refractivity contribution in [3.8, 4) is 0 Å². The quantitative estimate of drug-likeness (QED) is 0.644. The summed E-state index contributed by atoms with van der Waals surface area (Å²) >= 11 is 0. The number of alkyl halides is 3. The first-order valence-electron chi connectivity index (χ1n) is 8.79. The lowest BCUT2D eigenvalue weighted by molar-refractivity contribution is -0.186. The maximum atomic E-state index is 12.7. The van der Waals surface area contributed by atoms with Crippen molar-refractivity contribution in [2.75, 3.05) is 26.3 Å². The summed E-state index contributed by atoms with van der Waals surface area (Å²) in [7, 11) is -3.93. The van der Waals surface area contributed by atoms with Crippen molar-refractivity contribution in [2.45, 2.75) is 44.2 Å². The van der Waals surface area contributed by atoms with Crippen LogP contribution in [0, 0.1) is 0 Å². The summed E-state index contributed by atoms with van der Waals surface area (Å²) in [5.41, 5.74) is 1.09. The molecular formula is C17H23F3N2O5S. The number of carbonyl (C=O) groups is 1. The summed E-state index contributed by atoms with van der Waals surface area (Å²) in [4.78, 5) is 12.0. The molecule has 0 saturated heterocycles. The largest absolute Gasteiger partial charge is 0.471 e. The molecule has 0 unspecified atom stereocenters. The number of benzene rings is 1. The Morgan fingerprint density at radius 1 is 1.21 bits per heavy atom. The fourth-order valence-electron chi connectivity index (χ4n) is 2.85. The third-order valence-electron chi connectivity index (χ3n) is 4.18. The van der Waals surface area contributed by atoms with Crippen molar-refractivity contribution in [2.24, 2.45) is 0 Å². The minimum absolute atomic E-state index is 0.0694. The van der Waals surface area contributed by atoms with E-state index >= 15 is 0 Å². The zero-order valence-corrected chi connectivity index (χ0v) is 16.4. The minimum atomic E-state index is -4.96. The Hall–Kier alpha value is -1.69. The molecule has 2 rings (SSSR count). The molecule has 0 aromatic heterocycles. The van der Waals surface area contributed by atoms with E-state index in [4.69, 9.17) is 9.47 Å². The molecule has 0 radical (unpaired) electrons. The topological polar surface area (TPSA) is 84.9 Å². The second-order valence-electron chi connectivity index (χ2n) is 6.10. The van der Waals surface area contributed by atoms with E-state index in [2.05, 4.69) is 4.72 Å². The first kappa shape index (κ1) is 22.6. The molecule has 0 atom stereocenters. The first-order valence-corrected chi connectivity index (χ1v) is 10.3. The molecule has 1 aliphatic rings. The van der Waals surface area contributed by atoms with Gasteiger partial charge in [-0.3, -0.25) is 4.79 Å². The molecule has 1 N–H and O–H groups in total. The van der Waals surface area contributed by atoms with Crippen molar-refractivity contribution in [1.82, 2.24) is 9.62 Å². The Kier molecular flexibility index (Phi) is 7.43. The van der Waals surface area contributed by atoms with E-state index in [1.165, 1.54) is 12.1 Å². The van der Waals surface area contributed by atoms with Gasteiger partial charge < -0.3 is 14.4 Å². The van der Waals surface area contributed by atoms with Gasteiger partial charge in [-0.1, -0.05) is 6.07 Å². The number of ether oxygens (including phenoxy) is 2. The van der Waals surface area contributed by atoms with Crippen LogP contribution < -0.4 is 4.72 Å². The average molecular weight is 424 g/mol. The number of carbonyl (C=O) groups excluding carboxylic acids is 1. The van der Waals surface area contributed by atoms with Crippen LogP contribution in [0.5, 0.6) is 0 Å². The third kappa shape index (κ3) is 5.66. The summed E-state index contributed by atoms with van der Waals surface area (Å²) in [5.74, 6) is -1.93. The number of nitrogens with one attached hydrogen (secondary N) is 1. The summed E-state index contributed by atoms with van der Waals surface area (Å²) in [6, 6.07) is 4.24. The maximum absolute atomic E-state index is 12.7. The lowest BCUT2D eigenvalue weighted by atomic mass is 10.00. The predicted molar refractivity (Wildman–Crippen MR) is 93.8 cm³/mol. The van der Waals surface area contributed by atoms with Gasteiger partial charge in [0.05, 0.1) is 11.4 Å². The Balaban J connectivity index is 2.14. The van der Waals surface area contributed by atoms with Gasteiger partial charge in [-0.2, -0.15) is 13.2 Å². The minimum Gasteiger partial charge on any atom is -0.352 e. The fraction of sp³-hybridized carbons (Fsp3) is 0.588. The number of rotatable bonds is 8. The van der Waals surface area contributed by atoms with E-state index in [1.54, 1.807) is 19.9 Å². The molecule has 1 aromatic rings. The van der Waals surface area contributed by atoms with Gasteiger partial charge in [0.1, 0.15) is 0 Å². The SMILES string of the molecule is CCOC(CNS(=O)(=O)c1ccc2c(c1)CN(C(=O)C(F)(F)F)CC2)OCC. The van der Waals surface area contributed by atoms with E-state index in [-0.39, 0.29) is 31.0 Å².